The van der Waals surface area contributed by atoms with Crippen molar-refractivity contribution in [3.05, 3.63) is 70.3 Å². The minimum absolute atomic E-state index is 0.273. The lowest BCUT2D eigenvalue weighted by molar-refractivity contribution is -0.126. The number of rotatable bonds is 8. The molecule has 1 aromatic heterocycles. The molecular weight excluding hydrogens is 502 g/mol. The quantitative estimate of drug-likeness (QED) is 0.147. The summed E-state index contributed by atoms with van der Waals surface area (Å²) in [5, 5.41) is 2.95. The largest absolute Gasteiger partial charge is 0.490 e. The summed E-state index contributed by atoms with van der Waals surface area (Å²) in [6, 6.07) is 11.0. The number of aromatic nitrogens is 1. The van der Waals surface area contributed by atoms with E-state index in [0.717, 1.165) is 24.2 Å². The second-order valence-corrected chi connectivity index (χ2v) is 8.94. The van der Waals surface area contributed by atoms with E-state index in [-0.39, 0.29) is 11.3 Å². The molecule has 0 saturated heterocycles. The number of carbonyl (C=O) groups excluding carboxylic acids is 2. The van der Waals surface area contributed by atoms with E-state index < -0.39 is 12.2 Å². The van der Waals surface area contributed by atoms with Crippen LogP contribution >= 0.6 is 23.8 Å². The highest BCUT2D eigenvalue weighted by atomic mass is 35.5. The van der Waals surface area contributed by atoms with Crippen LogP contribution in [0.5, 0.6) is 5.75 Å². The molecule has 1 saturated carbocycles. The van der Waals surface area contributed by atoms with Crippen LogP contribution in [0.3, 0.4) is 0 Å². The van der Waals surface area contributed by atoms with E-state index >= 15 is 0 Å². The molecule has 1 aliphatic carbocycles. The fourth-order valence-corrected chi connectivity index (χ4v) is 4.22. The fourth-order valence-electron chi connectivity index (χ4n) is 3.60. The van der Waals surface area contributed by atoms with E-state index in [1.807, 2.05) is 24.3 Å². The first-order valence-corrected chi connectivity index (χ1v) is 12.4. The number of halogens is 1. The number of hydrogen-bond donors (Lipinski definition) is 2. The molecule has 2 aromatic rings. The van der Waals surface area contributed by atoms with Gasteiger partial charge in [-0.3, -0.25) is 10.1 Å². The van der Waals surface area contributed by atoms with Crippen LogP contribution in [-0.2, 0) is 14.3 Å². The van der Waals surface area contributed by atoms with E-state index in [1.165, 1.54) is 26.4 Å². The number of nitrogens with zero attached hydrogens (tertiary/aromatic N) is 1. The second-order valence-electron chi connectivity index (χ2n) is 8.18. The molecule has 0 bridgehead atoms. The summed E-state index contributed by atoms with van der Waals surface area (Å²) in [4.78, 5) is 25.9. The van der Waals surface area contributed by atoms with Gasteiger partial charge in [-0.25, -0.2) is 9.78 Å². The molecule has 1 aromatic carbocycles. The minimum atomic E-state index is -0.683. The standard InChI is InChI=1S/C24H28ClN3O3S.C2H4O2/c1-15(26)21(28-24(29)30-16(2)20-9-6-14-27-23(20)25)22(32)17-10-12-19(13-11-17)31-18-7-4-3-5-8-18;1-4-2-3/h6,9-14,16,18H,3-5,7-8,26H2,1-2H3,(H,28,29);2H,1H3/b21-15+;. The SMILES string of the molecule is C/C(N)=C(\NC(=O)OC(C)c1cccnc1Cl)C(=S)c1ccc(OC2CCCCC2)cc1.COC=O. The third-order valence-corrected chi connectivity index (χ3v) is 6.18. The van der Waals surface area contributed by atoms with Gasteiger partial charge in [0.15, 0.2) is 0 Å². The maximum atomic E-state index is 12.5. The van der Waals surface area contributed by atoms with Crippen molar-refractivity contribution >= 4 is 41.2 Å². The molecule has 3 rings (SSSR count). The maximum Gasteiger partial charge on any atom is 0.412 e. The van der Waals surface area contributed by atoms with Crippen molar-refractivity contribution in [2.75, 3.05) is 7.11 Å². The molecule has 3 N–H and O–H groups in total. The first kappa shape index (κ1) is 29.1. The third-order valence-electron chi connectivity index (χ3n) is 5.43. The number of amides is 1. The van der Waals surface area contributed by atoms with Gasteiger partial charge in [-0.2, -0.15) is 0 Å². The van der Waals surface area contributed by atoms with Gasteiger partial charge >= 0.3 is 6.09 Å². The lowest BCUT2D eigenvalue weighted by atomic mass is 9.98. The molecule has 0 radical (unpaired) electrons. The molecule has 1 heterocycles. The Bertz CT molecular complexity index is 1050. The van der Waals surface area contributed by atoms with Crippen molar-refractivity contribution in [3.8, 4) is 5.75 Å². The Morgan fingerprint density at radius 2 is 1.86 bits per heavy atom. The fraction of sp³-hybridized carbons (Fsp3) is 0.385. The number of nitrogens with two attached hydrogens (primary N) is 1. The van der Waals surface area contributed by atoms with Crippen LogP contribution in [0.1, 0.15) is 63.2 Å². The Morgan fingerprint density at radius 1 is 1.22 bits per heavy atom. The van der Waals surface area contributed by atoms with Crippen LogP contribution in [0.15, 0.2) is 54.0 Å². The Balaban J connectivity index is 0.00000106. The summed E-state index contributed by atoms with van der Waals surface area (Å²) < 4.78 is 15.4. The Kier molecular flexibility index (Phi) is 12.2. The molecule has 1 amide bonds. The Morgan fingerprint density at radius 3 is 2.42 bits per heavy atom. The molecular formula is C26H32ClN3O5S. The van der Waals surface area contributed by atoms with Gasteiger partial charge in [0.2, 0.25) is 0 Å². The van der Waals surface area contributed by atoms with Crippen LogP contribution < -0.4 is 15.8 Å². The zero-order valence-corrected chi connectivity index (χ0v) is 22.2. The first-order chi connectivity index (χ1) is 17.3. The van der Waals surface area contributed by atoms with Gasteiger partial charge in [-0.15, -0.1) is 0 Å². The van der Waals surface area contributed by atoms with Crippen molar-refractivity contribution < 1.29 is 23.8 Å². The molecule has 1 atom stereocenters. The van der Waals surface area contributed by atoms with Gasteiger partial charge < -0.3 is 19.9 Å². The van der Waals surface area contributed by atoms with Crippen molar-refractivity contribution in [1.29, 1.82) is 0 Å². The summed E-state index contributed by atoms with van der Waals surface area (Å²) in [5.41, 5.74) is 8.07. The molecule has 0 spiro atoms. The zero-order valence-electron chi connectivity index (χ0n) is 20.7. The molecule has 10 heteroatoms. The van der Waals surface area contributed by atoms with Crippen LogP contribution in [0.4, 0.5) is 4.79 Å². The van der Waals surface area contributed by atoms with Crippen molar-refractivity contribution in [2.45, 2.75) is 58.2 Å². The molecule has 8 nitrogen and oxygen atoms in total. The number of nitrogens with one attached hydrogen (secondary N) is 1. The lowest BCUT2D eigenvalue weighted by Crippen LogP contribution is -2.31. The number of alkyl carbamates (subject to hydrolysis) is 1. The van der Waals surface area contributed by atoms with Crippen LogP contribution in [0.2, 0.25) is 5.15 Å². The molecule has 1 fully saturated rings. The molecule has 1 aliphatic rings. The predicted octanol–water partition coefficient (Wildman–Crippen LogP) is 5.63. The normalized spacial score (nSPS) is 14.8. The number of carbonyl (C=O) groups is 2. The summed E-state index contributed by atoms with van der Waals surface area (Å²) in [5.74, 6) is 0.813. The lowest BCUT2D eigenvalue weighted by Gasteiger charge is -2.23. The Hall–Kier alpha value is -3.17. The summed E-state index contributed by atoms with van der Waals surface area (Å²) in [6.45, 7) is 3.76. The summed E-state index contributed by atoms with van der Waals surface area (Å²) >= 11 is 11.7. The number of thiocarbonyl (C=S) groups is 1. The molecule has 0 aliphatic heterocycles. The number of pyridine rings is 1. The van der Waals surface area contributed by atoms with Gasteiger partial charge in [0.1, 0.15) is 17.0 Å². The van der Waals surface area contributed by atoms with Gasteiger partial charge in [0.25, 0.3) is 6.47 Å². The van der Waals surface area contributed by atoms with Crippen molar-refractivity contribution in [3.63, 3.8) is 0 Å². The maximum absolute atomic E-state index is 12.5. The highest BCUT2D eigenvalue weighted by Crippen LogP contribution is 2.25. The number of ether oxygens (including phenoxy) is 3. The van der Waals surface area contributed by atoms with Crippen LogP contribution in [-0.4, -0.2) is 35.6 Å². The van der Waals surface area contributed by atoms with Crippen molar-refractivity contribution in [2.24, 2.45) is 5.73 Å². The predicted molar refractivity (Wildman–Crippen MR) is 143 cm³/mol. The van der Waals surface area contributed by atoms with E-state index in [2.05, 4.69) is 15.0 Å². The highest BCUT2D eigenvalue weighted by molar-refractivity contribution is 7.81. The van der Waals surface area contributed by atoms with Crippen LogP contribution in [0, 0.1) is 0 Å². The smallest absolute Gasteiger partial charge is 0.412 e. The number of hydrogen-bond acceptors (Lipinski definition) is 8. The first-order valence-electron chi connectivity index (χ1n) is 11.6. The average Bonchev–Trinajstić information content (AvgIpc) is 2.88. The van der Waals surface area contributed by atoms with E-state index in [1.54, 1.807) is 32.2 Å². The van der Waals surface area contributed by atoms with E-state index in [0.29, 0.717) is 28.3 Å². The zero-order chi connectivity index (χ0) is 26.5. The molecule has 1 unspecified atom stereocenters. The topological polar surface area (TPSA) is 113 Å². The van der Waals surface area contributed by atoms with Gasteiger partial charge in [0.05, 0.1) is 23.8 Å². The van der Waals surface area contributed by atoms with E-state index in [9.17, 15) is 4.79 Å². The highest BCUT2D eigenvalue weighted by Gasteiger charge is 2.19. The molecule has 194 valence electrons. The Labute approximate surface area is 222 Å². The monoisotopic (exact) mass is 533 g/mol. The molecule has 36 heavy (non-hydrogen) atoms. The minimum Gasteiger partial charge on any atom is -0.490 e. The van der Waals surface area contributed by atoms with Crippen molar-refractivity contribution in [1.82, 2.24) is 10.3 Å². The van der Waals surface area contributed by atoms with Gasteiger partial charge in [-0.05, 0) is 75.4 Å². The average molecular weight is 534 g/mol. The summed E-state index contributed by atoms with van der Waals surface area (Å²) in [7, 11) is 1.31. The van der Waals surface area contributed by atoms with E-state index in [4.69, 9.17) is 43.8 Å². The third kappa shape index (κ3) is 9.13. The second kappa shape index (κ2) is 15.1. The number of allylic oxidation sites excluding steroid dienone is 2. The van der Waals surface area contributed by atoms with Crippen LogP contribution in [0.25, 0.3) is 0 Å². The summed E-state index contributed by atoms with van der Waals surface area (Å²) in [6.07, 6.45) is 6.45. The van der Waals surface area contributed by atoms with Gasteiger partial charge in [-0.1, -0.05) is 36.3 Å². The number of methoxy groups -OCH3 is 1. The number of benzene rings is 1. The van der Waals surface area contributed by atoms with Gasteiger partial charge in [0, 0.05) is 17.5 Å².